The molecule has 4 rings (SSSR count). The third-order valence-corrected chi connectivity index (χ3v) is 5.70. The van der Waals surface area contributed by atoms with E-state index >= 15 is 0 Å². The second kappa shape index (κ2) is 10.3. The van der Waals surface area contributed by atoms with Crippen molar-refractivity contribution in [2.24, 2.45) is 0 Å². The Balaban J connectivity index is 0.000000222. The van der Waals surface area contributed by atoms with Crippen LogP contribution in [0.4, 0.5) is 0 Å². The molecule has 2 aromatic carbocycles. The second-order valence-corrected chi connectivity index (χ2v) is 8.71. The molecule has 0 fully saturated rings. The molecule has 0 radical (unpaired) electrons. The van der Waals surface area contributed by atoms with Crippen molar-refractivity contribution in [3.8, 4) is 16.9 Å². The summed E-state index contributed by atoms with van der Waals surface area (Å²) < 4.78 is 36.0. The monoisotopic (exact) mass is 451 g/mol. The molecular weight excluding hydrogens is 426 g/mol. The van der Waals surface area contributed by atoms with Crippen LogP contribution in [-0.2, 0) is 15.9 Å². The van der Waals surface area contributed by atoms with E-state index in [9.17, 15) is 13.2 Å². The first-order valence-electron chi connectivity index (χ1n) is 10.0. The highest BCUT2D eigenvalue weighted by Gasteiger charge is 2.12. The molecule has 0 amide bonds. The summed E-state index contributed by atoms with van der Waals surface area (Å²) in [7, 11) is -2.38. The highest BCUT2D eigenvalue weighted by Crippen LogP contribution is 2.30. The van der Waals surface area contributed by atoms with Gasteiger partial charge < -0.3 is 9.30 Å². The average Bonchev–Trinajstić information content (AvgIpc) is 2.73. The Bertz CT molecular complexity index is 1270. The zero-order chi connectivity index (χ0) is 23.1. The molecule has 3 aromatic rings. The van der Waals surface area contributed by atoms with Crippen LogP contribution >= 0.6 is 0 Å². The van der Waals surface area contributed by atoms with Gasteiger partial charge in [-0.15, -0.1) is 0 Å². The van der Waals surface area contributed by atoms with Crippen molar-refractivity contribution in [2.45, 2.75) is 18.6 Å². The molecule has 0 unspecified atom stereocenters. The molecule has 6 nitrogen and oxygen atoms in total. The molecule has 0 atom stereocenters. The molecule has 0 bridgehead atoms. The molecule has 0 saturated carbocycles. The molecule has 0 spiro atoms. The van der Waals surface area contributed by atoms with E-state index in [0.717, 1.165) is 18.4 Å². The van der Waals surface area contributed by atoms with Crippen molar-refractivity contribution in [2.75, 3.05) is 7.11 Å². The fraction of sp³-hybridized carbons (Fsp3) is 0.160. The Morgan fingerprint density at radius 3 is 2.19 bits per heavy atom. The summed E-state index contributed by atoms with van der Waals surface area (Å²) in [5, 5.41) is 0. The Morgan fingerprint density at radius 2 is 1.69 bits per heavy atom. The van der Waals surface area contributed by atoms with Crippen molar-refractivity contribution in [1.82, 2.24) is 4.57 Å². The quantitative estimate of drug-likeness (QED) is 0.540. The zero-order valence-electron chi connectivity index (χ0n) is 17.8. The van der Waals surface area contributed by atoms with Crippen LogP contribution in [0.2, 0.25) is 0 Å². The van der Waals surface area contributed by atoms with Crippen molar-refractivity contribution in [1.29, 1.82) is 0 Å². The summed E-state index contributed by atoms with van der Waals surface area (Å²) in [5.41, 5.74) is 4.61. The second-order valence-electron chi connectivity index (χ2n) is 7.26. The van der Waals surface area contributed by atoms with Gasteiger partial charge in [-0.25, -0.2) is 0 Å². The van der Waals surface area contributed by atoms with Gasteiger partial charge in [0.2, 0.25) is 5.43 Å². The minimum absolute atomic E-state index is 0.105. The van der Waals surface area contributed by atoms with E-state index in [-0.39, 0.29) is 11.2 Å². The van der Waals surface area contributed by atoms with Crippen molar-refractivity contribution in [3.63, 3.8) is 0 Å². The lowest BCUT2D eigenvalue weighted by Crippen LogP contribution is -2.11. The van der Waals surface area contributed by atoms with Crippen LogP contribution in [0.1, 0.15) is 24.0 Å². The largest absolute Gasteiger partial charge is 0.491 e. The average molecular weight is 452 g/mol. The van der Waals surface area contributed by atoms with Crippen molar-refractivity contribution in [3.05, 3.63) is 101 Å². The minimum atomic E-state index is -3.88. The lowest BCUT2D eigenvalue weighted by atomic mass is 9.91. The van der Waals surface area contributed by atoms with E-state index in [1.54, 1.807) is 53.5 Å². The van der Waals surface area contributed by atoms with Gasteiger partial charge in [0.15, 0.2) is 5.75 Å². The van der Waals surface area contributed by atoms with Crippen molar-refractivity contribution >= 4 is 21.9 Å². The lowest BCUT2D eigenvalue weighted by molar-refractivity contribution is 0.408. The van der Waals surface area contributed by atoms with Crippen LogP contribution in [0.15, 0.2) is 84.4 Å². The first kappa shape index (κ1) is 23.2. The van der Waals surface area contributed by atoms with Gasteiger partial charge >= 0.3 is 0 Å². The third kappa shape index (κ3) is 6.06. The smallest absolute Gasteiger partial charge is 0.269 e. The number of aromatic nitrogens is 1. The summed E-state index contributed by atoms with van der Waals surface area (Å²) in [6, 6.07) is 16.6. The number of benzene rings is 2. The van der Waals surface area contributed by atoms with E-state index in [0.29, 0.717) is 16.9 Å². The molecule has 1 aliphatic carbocycles. The highest BCUT2D eigenvalue weighted by atomic mass is 32.2. The SMILES string of the molecule is C=Cn1cc(OC)c(=O)c(-c2ccc(C3=CCC3)cc2)c1.O=S(=O)(O)Cc1ccccc1. The fourth-order valence-electron chi connectivity index (χ4n) is 3.23. The van der Waals surface area contributed by atoms with Gasteiger partial charge in [0, 0.05) is 18.0 Å². The van der Waals surface area contributed by atoms with Crippen molar-refractivity contribution < 1.29 is 17.7 Å². The zero-order valence-corrected chi connectivity index (χ0v) is 18.6. The van der Waals surface area contributed by atoms with Gasteiger partial charge in [-0.2, -0.15) is 8.42 Å². The van der Waals surface area contributed by atoms with Crippen LogP contribution < -0.4 is 10.2 Å². The molecule has 32 heavy (non-hydrogen) atoms. The summed E-state index contributed by atoms with van der Waals surface area (Å²) in [5.74, 6) is 0.00609. The summed E-state index contributed by atoms with van der Waals surface area (Å²) in [4.78, 5) is 12.4. The predicted molar refractivity (Wildman–Crippen MR) is 128 cm³/mol. The Kier molecular flexibility index (Phi) is 7.45. The molecule has 166 valence electrons. The number of pyridine rings is 1. The standard InChI is InChI=1S/C18H17NO2.C7H8O3S/c1-3-19-11-16(18(20)17(12-19)21-2)15-9-7-14(8-10-15)13-5-4-6-13;8-11(9,10)6-7-4-2-1-3-5-7/h3,5,7-12H,1,4,6H2,2H3;1-5H,6H2,(H,8,9,10). The normalized spacial score (nSPS) is 12.6. The first-order valence-corrected chi connectivity index (χ1v) is 11.6. The maximum Gasteiger partial charge on any atom is 0.269 e. The molecule has 1 heterocycles. The minimum Gasteiger partial charge on any atom is -0.491 e. The van der Waals surface area contributed by atoms with E-state index in [1.165, 1.54) is 18.2 Å². The summed E-state index contributed by atoms with van der Waals surface area (Å²) in [6.45, 7) is 3.72. The van der Waals surface area contributed by atoms with Gasteiger partial charge in [0.25, 0.3) is 10.1 Å². The van der Waals surface area contributed by atoms with Crippen LogP contribution in [0.5, 0.6) is 5.75 Å². The topological polar surface area (TPSA) is 85.6 Å². The molecule has 1 N–H and O–H groups in total. The molecule has 0 saturated heterocycles. The number of ether oxygens (including phenoxy) is 1. The van der Waals surface area contributed by atoms with E-state index in [4.69, 9.17) is 9.29 Å². The molecular formula is C25H25NO5S. The van der Waals surface area contributed by atoms with E-state index in [2.05, 4.69) is 24.8 Å². The third-order valence-electron chi connectivity index (χ3n) is 5.01. The maximum absolute atomic E-state index is 12.4. The van der Waals surface area contributed by atoms with Gasteiger partial charge in [0.1, 0.15) is 5.75 Å². The fourth-order valence-corrected chi connectivity index (χ4v) is 3.84. The highest BCUT2D eigenvalue weighted by molar-refractivity contribution is 7.85. The number of methoxy groups -OCH3 is 1. The number of hydrogen-bond acceptors (Lipinski definition) is 4. The molecule has 7 heteroatoms. The predicted octanol–water partition coefficient (Wildman–Crippen LogP) is 4.88. The molecule has 0 aliphatic heterocycles. The van der Waals surface area contributed by atoms with Gasteiger partial charge in [-0.1, -0.05) is 67.3 Å². The first-order chi connectivity index (χ1) is 15.3. The van der Waals surface area contributed by atoms with Crippen LogP contribution in [0, 0.1) is 0 Å². The summed E-state index contributed by atoms with van der Waals surface area (Å²) in [6.07, 6.45) is 9.59. The lowest BCUT2D eigenvalue weighted by Gasteiger charge is -2.15. The van der Waals surface area contributed by atoms with Gasteiger partial charge in [0.05, 0.1) is 13.3 Å². The Hall–Kier alpha value is -3.42. The summed E-state index contributed by atoms with van der Waals surface area (Å²) >= 11 is 0. The number of rotatable bonds is 6. The Labute approximate surface area is 187 Å². The number of allylic oxidation sites excluding steroid dienone is 2. The van der Waals surface area contributed by atoms with Crippen LogP contribution in [0.25, 0.3) is 22.9 Å². The van der Waals surface area contributed by atoms with Crippen LogP contribution in [0.3, 0.4) is 0 Å². The van der Waals surface area contributed by atoms with E-state index < -0.39 is 10.1 Å². The number of hydrogen-bond donors (Lipinski definition) is 1. The molecule has 1 aromatic heterocycles. The van der Waals surface area contributed by atoms with Crippen LogP contribution in [-0.4, -0.2) is 24.6 Å². The van der Waals surface area contributed by atoms with Gasteiger partial charge in [-0.3, -0.25) is 9.35 Å². The van der Waals surface area contributed by atoms with Gasteiger partial charge in [-0.05, 0) is 35.1 Å². The Morgan fingerprint density at radius 1 is 1.06 bits per heavy atom. The number of nitrogens with zero attached hydrogens (tertiary/aromatic N) is 1. The van der Waals surface area contributed by atoms with E-state index in [1.807, 2.05) is 12.1 Å². The maximum atomic E-state index is 12.4. The molecule has 1 aliphatic rings.